The molecular formula is C27H36Cl2N6. The van der Waals surface area contributed by atoms with Gasteiger partial charge in [-0.2, -0.15) is 0 Å². The highest BCUT2D eigenvalue weighted by molar-refractivity contribution is 6.37. The van der Waals surface area contributed by atoms with E-state index in [1.54, 1.807) is 12.3 Å². The summed E-state index contributed by atoms with van der Waals surface area (Å²) in [4.78, 5) is 12.1. The van der Waals surface area contributed by atoms with Gasteiger partial charge in [-0.25, -0.2) is 4.98 Å². The second-order valence-corrected chi connectivity index (χ2v) is 9.45. The van der Waals surface area contributed by atoms with Crippen molar-refractivity contribution in [3.8, 4) is 0 Å². The van der Waals surface area contributed by atoms with Crippen LogP contribution in [0.4, 0.5) is 17.1 Å². The molecule has 3 heterocycles. The fraction of sp³-hybridized carbons (Fsp3) is 0.296. The molecule has 6 N–H and O–H groups in total. The van der Waals surface area contributed by atoms with Crippen molar-refractivity contribution in [2.24, 2.45) is 0 Å². The smallest absolute Gasteiger partial charge is 0.153 e. The molecule has 0 saturated heterocycles. The van der Waals surface area contributed by atoms with Crippen molar-refractivity contribution >= 4 is 51.4 Å². The van der Waals surface area contributed by atoms with Crippen molar-refractivity contribution < 1.29 is 0 Å². The third kappa shape index (κ3) is 8.57. The van der Waals surface area contributed by atoms with E-state index in [0.717, 1.165) is 33.8 Å². The molecule has 0 aromatic carbocycles. The second kappa shape index (κ2) is 13.7. The summed E-state index contributed by atoms with van der Waals surface area (Å²) in [6.07, 6.45) is 5.08. The molecule has 0 aliphatic rings. The number of allylic oxidation sites excluding steroid dienone is 2. The maximum Gasteiger partial charge on any atom is 0.153 e. The lowest BCUT2D eigenvalue weighted by Gasteiger charge is -2.14. The molecule has 6 nitrogen and oxygen atoms in total. The number of hydrogen-bond acceptors (Lipinski definition) is 6. The van der Waals surface area contributed by atoms with E-state index in [1.165, 1.54) is 11.8 Å². The summed E-state index contributed by atoms with van der Waals surface area (Å²) in [7, 11) is 0. The molecule has 0 aliphatic carbocycles. The summed E-state index contributed by atoms with van der Waals surface area (Å²) < 4.78 is 0. The van der Waals surface area contributed by atoms with Crippen LogP contribution in [0.5, 0.6) is 0 Å². The number of aromatic nitrogens is 3. The lowest BCUT2D eigenvalue weighted by Crippen LogP contribution is -2.04. The third-order valence-electron chi connectivity index (χ3n) is 4.97. The lowest BCUT2D eigenvalue weighted by molar-refractivity contribution is 0.806. The Morgan fingerprint density at radius 2 is 1.31 bits per heavy atom. The molecule has 0 radical (unpaired) electrons. The fourth-order valence-corrected chi connectivity index (χ4v) is 3.43. The summed E-state index contributed by atoms with van der Waals surface area (Å²) >= 11 is 11.1. The van der Waals surface area contributed by atoms with Gasteiger partial charge in [-0.15, -0.1) is 0 Å². The zero-order chi connectivity index (χ0) is 26.9. The molecule has 35 heavy (non-hydrogen) atoms. The Morgan fingerprint density at radius 3 is 1.77 bits per heavy atom. The number of nitrogens with two attached hydrogens (primary N) is 3. The minimum atomic E-state index is 0.252. The largest absolute Gasteiger partial charge is 0.397 e. The van der Waals surface area contributed by atoms with E-state index in [1.807, 2.05) is 32.2 Å². The molecule has 0 saturated carbocycles. The van der Waals surface area contributed by atoms with E-state index < -0.39 is 0 Å². The molecule has 3 rings (SSSR count). The van der Waals surface area contributed by atoms with Crippen molar-refractivity contribution in [1.29, 1.82) is 0 Å². The van der Waals surface area contributed by atoms with Crippen molar-refractivity contribution in [3.63, 3.8) is 0 Å². The van der Waals surface area contributed by atoms with Gasteiger partial charge in [0.15, 0.2) is 5.15 Å². The van der Waals surface area contributed by atoms with Crippen LogP contribution in [-0.4, -0.2) is 15.0 Å². The molecule has 0 aliphatic heterocycles. The van der Waals surface area contributed by atoms with Crippen molar-refractivity contribution in [3.05, 3.63) is 82.6 Å². The molecule has 0 amide bonds. The number of halogens is 2. The van der Waals surface area contributed by atoms with Crippen LogP contribution >= 0.6 is 23.2 Å². The van der Waals surface area contributed by atoms with Gasteiger partial charge in [0.1, 0.15) is 0 Å². The standard InChI is InChI=1S/C11H18N2.C11H14N2.C5H4Cl2N2/c2*1-7(2)9-5-6-13-11(8(3)4)10(9)12;6-3-1-2-9-5(7)4(3)8/h5-8H,12H2,1-4H3;5-6H,1,3,12H2,2,4H3;1-2H,8H2. The maximum atomic E-state index is 6.02. The van der Waals surface area contributed by atoms with Crippen LogP contribution in [-0.2, 0) is 0 Å². The first-order chi connectivity index (χ1) is 16.3. The quantitative estimate of drug-likeness (QED) is 0.308. The van der Waals surface area contributed by atoms with E-state index in [9.17, 15) is 0 Å². The number of nitrogens with zero attached hydrogens (tertiary/aromatic N) is 3. The maximum absolute atomic E-state index is 6.02. The molecule has 3 aromatic heterocycles. The first-order valence-electron chi connectivity index (χ1n) is 11.1. The first kappa shape index (κ1) is 29.9. The Morgan fingerprint density at radius 1 is 0.743 bits per heavy atom. The van der Waals surface area contributed by atoms with Gasteiger partial charge in [0, 0.05) is 24.2 Å². The highest BCUT2D eigenvalue weighted by Gasteiger charge is 2.11. The number of nitrogen functional groups attached to an aromatic ring is 3. The highest BCUT2D eigenvalue weighted by atomic mass is 35.5. The molecule has 188 valence electrons. The fourth-order valence-electron chi connectivity index (χ4n) is 3.08. The van der Waals surface area contributed by atoms with Gasteiger partial charge in [0.2, 0.25) is 0 Å². The minimum Gasteiger partial charge on any atom is -0.397 e. The van der Waals surface area contributed by atoms with Gasteiger partial charge in [0.25, 0.3) is 0 Å². The summed E-state index contributed by atoms with van der Waals surface area (Å²) in [5, 5.41) is 0.692. The summed E-state index contributed by atoms with van der Waals surface area (Å²) in [5.74, 6) is 0.874. The average Bonchev–Trinajstić information content (AvgIpc) is 2.77. The Balaban J connectivity index is 0.000000267. The molecule has 0 fully saturated rings. The van der Waals surface area contributed by atoms with Gasteiger partial charge in [-0.3, -0.25) is 9.97 Å². The van der Waals surface area contributed by atoms with Crippen molar-refractivity contribution in [1.82, 2.24) is 15.0 Å². The molecule has 8 heteroatoms. The van der Waals surface area contributed by atoms with Crippen molar-refractivity contribution in [2.75, 3.05) is 17.2 Å². The Bertz CT molecular complexity index is 1090. The highest BCUT2D eigenvalue weighted by Crippen LogP contribution is 2.28. The molecule has 3 aromatic rings. The summed E-state index contributed by atoms with van der Waals surface area (Å²) in [5.41, 5.74) is 24.9. The first-order valence-corrected chi connectivity index (χ1v) is 11.9. The topological polar surface area (TPSA) is 117 Å². The lowest BCUT2D eigenvalue weighted by atomic mass is 9.98. The second-order valence-electron chi connectivity index (χ2n) is 8.69. The number of pyridine rings is 3. The van der Waals surface area contributed by atoms with E-state index in [4.69, 9.17) is 40.4 Å². The molecule has 0 bridgehead atoms. The van der Waals surface area contributed by atoms with Gasteiger partial charge in [-0.1, -0.05) is 64.1 Å². The van der Waals surface area contributed by atoms with Crippen LogP contribution in [0.2, 0.25) is 10.2 Å². The van der Waals surface area contributed by atoms with Gasteiger partial charge < -0.3 is 17.2 Å². The van der Waals surface area contributed by atoms with E-state index in [0.29, 0.717) is 28.2 Å². The number of hydrogen-bond donors (Lipinski definition) is 3. The summed E-state index contributed by atoms with van der Waals surface area (Å²) in [6.45, 7) is 20.0. The molecule has 0 spiro atoms. The minimum absolute atomic E-state index is 0.252. The summed E-state index contributed by atoms with van der Waals surface area (Å²) in [6, 6.07) is 5.46. The molecule has 0 unspecified atom stereocenters. The zero-order valence-corrected chi connectivity index (χ0v) is 22.9. The van der Waals surface area contributed by atoms with Crippen LogP contribution in [0, 0.1) is 0 Å². The average molecular weight is 516 g/mol. The monoisotopic (exact) mass is 514 g/mol. The molecule has 0 atom stereocenters. The Labute approximate surface area is 219 Å². The Kier molecular flexibility index (Phi) is 11.7. The van der Waals surface area contributed by atoms with Crippen LogP contribution in [0.1, 0.15) is 75.9 Å². The SMILES string of the molecule is C=C(C)c1ccnc(C(=C)C)c1N.CC(C)c1ccnc(C(C)C)c1N.Nc1c(Cl)ccnc1Cl. The Hall–Kier alpha value is -3.09. The zero-order valence-electron chi connectivity index (χ0n) is 21.4. The van der Waals surface area contributed by atoms with Crippen LogP contribution < -0.4 is 17.2 Å². The predicted octanol–water partition coefficient (Wildman–Crippen LogP) is 7.61. The number of anilines is 3. The van der Waals surface area contributed by atoms with Crippen LogP contribution in [0.25, 0.3) is 11.1 Å². The normalized spacial score (nSPS) is 10.2. The van der Waals surface area contributed by atoms with Gasteiger partial charge >= 0.3 is 0 Å². The molecular weight excluding hydrogens is 479 g/mol. The predicted molar refractivity (Wildman–Crippen MR) is 154 cm³/mol. The van der Waals surface area contributed by atoms with Crippen molar-refractivity contribution in [2.45, 2.75) is 53.4 Å². The van der Waals surface area contributed by atoms with Gasteiger partial charge in [-0.05, 0) is 60.6 Å². The number of rotatable bonds is 4. The van der Waals surface area contributed by atoms with Crippen LogP contribution in [0.3, 0.4) is 0 Å². The van der Waals surface area contributed by atoms with Gasteiger partial charge in [0.05, 0.1) is 33.5 Å². The third-order valence-corrected chi connectivity index (χ3v) is 5.60. The van der Waals surface area contributed by atoms with E-state index in [2.05, 4.69) is 55.8 Å². The van der Waals surface area contributed by atoms with Crippen LogP contribution in [0.15, 0.2) is 49.9 Å². The van der Waals surface area contributed by atoms with E-state index >= 15 is 0 Å². The van der Waals surface area contributed by atoms with E-state index in [-0.39, 0.29) is 5.15 Å².